The van der Waals surface area contributed by atoms with Crippen LogP contribution in [0.4, 0.5) is 0 Å². The van der Waals surface area contributed by atoms with Crippen LogP contribution in [0.5, 0.6) is 0 Å². The van der Waals surface area contributed by atoms with E-state index in [9.17, 15) is 9.36 Å². The second-order valence-electron chi connectivity index (χ2n) is 16.6. The lowest BCUT2D eigenvalue weighted by atomic mass is 9.61. The van der Waals surface area contributed by atoms with Crippen LogP contribution in [-0.2, 0) is 18.5 Å². The molecule has 0 radical (unpaired) electrons. The number of benzene rings is 2. The third-order valence-corrected chi connectivity index (χ3v) is 20.1. The minimum absolute atomic E-state index is 0.0805. The smallest absolute Gasteiger partial charge is 0.302 e. The van der Waals surface area contributed by atoms with Crippen molar-refractivity contribution in [1.29, 1.82) is 0 Å². The molecule has 47 heavy (non-hydrogen) atoms. The van der Waals surface area contributed by atoms with Crippen molar-refractivity contribution in [2.45, 2.75) is 123 Å². The number of rotatable bonds is 9. The van der Waals surface area contributed by atoms with Gasteiger partial charge in [-0.3, -0.25) is 4.79 Å². The predicted octanol–water partition coefficient (Wildman–Crippen LogP) is 10.2. The van der Waals surface area contributed by atoms with Crippen LogP contribution in [0, 0.1) is 23.2 Å². The summed E-state index contributed by atoms with van der Waals surface area (Å²) in [5.41, 5.74) is 3.12. The van der Waals surface area contributed by atoms with Gasteiger partial charge in [-0.05, 0) is 79.8 Å². The second-order valence-corrected chi connectivity index (χ2v) is 24.2. The first-order valence-electron chi connectivity index (χ1n) is 18.1. The molecule has 0 heterocycles. The molecule has 256 valence electrons. The quantitative estimate of drug-likeness (QED) is 0.151. The van der Waals surface area contributed by atoms with E-state index in [1.54, 1.807) is 5.57 Å². The van der Waals surface area contributed by atoms with Crippen LogP contribution in [-0.4, -0.2) is 32.7 Å². The van der Waals surface area contributed by atoms with Gasteiger partial charge in [0.25, 0.3) is 0 Å². The van der Waals surface area contributed by atoms with Gasteiger partial charge in [0, 0.05) is 36.5 Å². The second kappa shape index (κ2) is 14.3. The maximum absolute atomic E-state index is 15.0. The zero-order valence-electron chi connectivity index (χ0n) is 30.3. The molecule has 4 nitrogen and oxygen atoms in total. The Kier molecular flexibility index (Phi) is 11.0. The summed E-state index contributed by atoms with van der Waals surface area (Å²) in [4.78, 5) is 12.0. The molecule has 0 aromatic heterocycles. The Morgan fingerprint density at radius 2 is 1.57 bits per heavy atom. The van der Waals surface area contributed by atoms with E-state index in [4.69, 9.17) is 9.16 Å². The highest BCUT2D eigenvalue weighted by molar-refractivity contribution is 7.78. The van der Waals surface area contributed by atoms with E-state index < -0.39 is 15.5 Å². The van der Waals surface area contributed by atoms with Crippen molar-refractivity contribution >= 4 is 32.0 Å². The fourth-order valence-corrected chi connectivity index (χ4v) is 13.4. The average molecular weight is 675 g/mol. The standard InChI is InChI=1S/C41H59O4PSi/c1-30(29-46(43,36-17-11-9-12-18-36)37-19-13-10-14-20-37)38-23-24-39-33(16-15-25-41(38,39)6)22-21-32-26-34(44-31(2)42)28-35(27-32)45-47(7,8)40(3,4)5/h9-14,17-22,30,34-35,38-39H,15-16,23-29H2,1-8H3/b32-21-,33-22+/t30-,34-,35-,38?,39?,41-/m1/s1. The van der Waals surface area contributed by atoms with E-state index >= 15 is 0 Å². The van der Waals surface area contributed by atoms with Crippen molar-refractivity contribution in [3.8, 4) is 0 Å². The summed E-state index contributed by atoms with van der Waals surface area (Å²) >= 11 is 0. The van der Waals surface area contributed by atoms with Crippen molar-refractivity contribution < 1.29 is 18.5 Å². The molecule has 5 rings (SSSR count). The highest BCUT2D eigenvalue weighted by atomic mass is 31.2. The molecule has 3 aliphatic rings. The van der Waals surface area contributed by atoms with Gasteiger partial charge in [0.1, 0.15) is 13.2 Å². The maximum atomic E-state index is 15.0. The molecule has 2 unspecified atom stereocenters. The monoisotopic (exact) mass is 674 g/mol. The Morgan fingerprint density at radius 3 is 2.15 bits per heavy atom. The topological polar surface area (TPSA) is 52.6 Å². The molecule has 0 bridgehead atoms. The lowest BCUT2D eigenvalue weighted by Crippen LogP contribution is -2.46. The first-order valence-corrected chi connectivity index (χ1v) is 22.9. The number of fused-ring (bicyclic) bond motifs is 1. The van der Waals surface area contributed by atoms with Gasteiger partial charge < -0.3 is 13.7 Å². The fraction of sp³-hybridized carbons (Fsp3) is 0.585. The van der Waals surface area contributed by atoms with Crippen LogP contribution < -0.4 is 10.6 Å². The summed E-state index contributed by atoms with van der Waals surface area (Å²) in [6.45, 7) is 17.9. The molecule has 6 atom stereocenters. The molecule has 0 N–H and O–H groups in total. The van der Waals surface area contributed by atoms with Crippen molar-refractivity contribution in [3.63, 3.8) is 0 Å². The first-order chi connectivity index (χ1) is 22.1. The van der Waals surface area contributed by atoms with E-state index in [1.807, 2.05) is 36.4 Å². The highest BCUT2D eigenvalue weighted by Crippen LogP contribution is 2.61. The molecular weight excluding hydrogens is 616 g/mol. The molecule has 3 fully saturated rings. The number of esters is 1. The van der Waals surface area contributed by atoms with Gasteiger partial charge in [0.2, 0.25) is 0 Å². The predicted molar refractivity (Wildman–Crippen MR) is 200 cm³/mol. The van der Waals surface area contributed by atoms with E-state index in [0.29, 0.717) is 23.9 Å². The van der Waals surface area contributed by atoms with Crippen LogP contribution in [0.15, 0.2) is 84.0 Å². The molecule has 0 spiro atoms. The number of allylic oxidation sites excluding steroid dienone is 3. The largest absolute Gasteiger partial charge is 0.462 e. The molecule has 3 aliphatic carbocycles. The summed E-state index contributed by atoms with van der Waals surface area (Å²) in [7, 11) is -4.73. The Balaban J connectivity index is 1.36. The molecule has 2 aromatic rings. The van der Waals surface area contributed by atoms with E-state index in [0.717, 1.165) is 36.3 Å². The Hall–Kier alpha value is -2.20. The molecule has 0 saturated heterocycles. The van der Waals surface area contributed by atoms with Crippen molar-refractivity contribution in [1.82, 2.24) is 0 Å². The maximum Gasteiger partial charge on any atom is 0.302 e. The highest BCUT2D eigenvalue weighted by Gasteiger charge is 2.51. The van der Waals surface area contributed by atoms with Gasteiger partial charge in [-0.25, -0.2) is 0 Å². The summed E-state index contributed by atoms with van der Waals surface area (Å²) in [5.74, 6) is 1.24. The normalized spacial score (nSPS) is 29.4. The van der Waals surface area contributed by atoms with Gasteiger partial charge >= 0.3 is 5.97 Å². The van der Waals surface area contributed by atoms with Gasteiger partial charge in [-0.1, -0.05) is 119 Å². The lowest BCUT2D eigenvalue weighted by Gasteiger charge is -2.45. The number of carbonyl (C=O) groups excluding carboxylic acids is 1. The molecular formula is C41H59O4PSi. The number of ether oxygens (including phenoxy) is 1. The van der Waals surface area contributed by atoms with Crippen molar-refractivity contribution in [2.24, 2.45) is 23.2 Å². The van der Waals surface area contributed by atoms with E-state index in [-0.39, 0.29) is 28.6 Å². The van der Waals surface area contributed by atoms with Crippen LogP contribution in [0.2, 0.25) is 18.1 Å². The summed E-state index contributed by atoms with van der Waals surface area (Å²) in [6, 6.07) is 20.4. The SMILES string of the molecule is CC(=O)O[C@@H]1C/C(=C/C=C2\CCC[C@@]3(C)C2CCC3[C@H](C)CP(=O)(c2ccccc2)c2ccccc2)C[C@@H](O[Si](C)(C)C(C)(C)C)C1. The summed E-state index contributed by atoms with van der Waals surface area (Å²) in [6.07, 6.45) is 13.9. The van der Waals surface area contributed by atoms with Crippen molar-refractivity contribution in [3.05, 3.63) is 84.0 Å². The minimum atomic E-state index is -2.77. The van der Waals surface area contributed by atoms with E-state index in [2.05, 4.69) is 84.1 Å². The average Bonchev–Trinajstić information content (AvgIpc) is 3.37. The minimum Gasteiger partial charge on any atom is -0.462 e. The molecule has 2 aromatic carbocycles. The van der Waals surface area contributed by atoms with Gasteiger partial charge in [-0.15, -0.1) is 0 Å². The zero-order chi connectivity index (χ0) is 34.0. The number of carbonyl (C=O) groups is 1. The third-order valence-electron chi connectivity index (χ3n) is 12.3. The fourth-order valence-electron chi connectivity index (χ4n) is 8.94. The van der Waals surface area contributed by atoms with Crippen LogP contribution in [0.1, 0.15) is 92.9 Å². The third kappa shape index (κ3) is 8.00. The van der Waals surface area contributed by atoms with E-state index in [1.165, 1.54) is 38.2 Å². The van der Waals surface area contributed by atoms with Crippen LogP contribution >= 0.6 is 7.14 Å². The number of hydrogen-bond acceptors (Lipinski definition) is 4. The number of hydrogen-bond donors (Lipinski definition) is 0. The molecule has 0 aliphatic heterocycles. The van der Waals surface area contributed by atoms with Crippen LogP contribution in [0.25, 0.3) is 0 Å². The zero-order valence-corrected chi connectivity index (χ0v) is 32.2. The molecule has 0 amide bonds. The Bertz CT molecular complexity index is 1450. The van der Waals surface area contributed by atoms with Gasteiger partial charge in [0.05, 0.1) is 6.10 Å². The first kappa shape index (κ1) is 36.1. The molecule has 3 saturated carbocycles. The van der Waals surface area contributed by atoms with Gasteiger partial charge in [0.15, 0.2) is 8.32 Å². The summed E-state index contributed by atoms with van der Waals surface area (Å²) in [5, 5.41) is 2.08. The van der Waals surface area contributed by atoms with Crippen LogP contribution in [0.3, 0.4) is 0 Å². The summed E-state index contributed by atoms with van der Waals surface area (Å²) < 4.78 is 27.6. The Labute approximate surface area is 286 Å². The molecule has 6 heteroatoms. The lowest BCUT2D eigenvalue weighted by molar-refractivity contribution is -0.148. The Morgan fingerprint density at radius 1 is 0.979 bits per heavy atom. The van der Waals surface area contributed by atoms with Crippen molar-refractivity contribution in [2.75, 3.05) is 6.16 Å². The van der Waals surface area contributed by atoms with Gasteiger partial charge in [-0.2, -0.15) is 0 Å².